The number of nitrogens with zero attached hydrogens (tertiary/aromatic N) is 2. The maximum absolute atomic E-state index is 14.3. The summed E-state index contributed by atoms with van der Waals surface area (Å²) in [7, 11) is 0.477. The standard InChI is InChI=1S/C32H41N3O7S/c1-23(2)20-33-32(37)29(18-24-11-8-7-9-12-24)34(21-25-13-10-14-26(17-25)40-3)31(36)22-35(43(6,38)39)28-16-15-27(41-4)19-30(28)42-5/h7-17,19,23,29H,18,20-22H2,1-6H3,(H,33,37). The van der Waals surface area contributed by atoms with Crippen molar-refractivity contribution in [2.75, 3.05) is 45.0 Å². The zero-order valence-electron chi connectivity index (χ0n) is 25.6. The zero-order chi connectivity index (χ0) is 31.6. The summed E-state index contributed by atoms with van der Waals surface area (Å²) >= 11 is 0. The number of anilines is 1. The topological polar surface area (TPSA) is 114 Å². The summed E-state index contributed by atoms with van der Waals surface area (Å²) in [5.74, 6) is 0.562. The SMILES string of the molecule is COc1cccc(CN(C(=O)CN(c2ccc(OC)cc2OC)S(C)(=O)=O)C(Cc2ccccc2)C(=O)NCC(C)C)c1. The Balaban J connectivity index is 2.10. The molecule has 10 nitrogen and oxygen atoms in total. The molecule has 3 aromatic carbocycles. The molecule has 0 aliphatic heterocycles. The molecule has 0 fully saturated rings. The van der Waals surface area contributed by atoms with Gasteiger partial charge in [0, 0.05) is 25.6 Å². The van der Waals surface area contributed by atoms with E-state index in [-0.39, 0.29) is 36.2 Å². The van der Waals surface area contributed by atoms with Crippen molar-refractivity contribution in [3.63, 3.8) is 0 Å². The van der Waals surface area contributed by atoms with Crippen molar-refractivity contribution < 1.29 is 32.2 Å². The fourth-order valence-corrected chi connectivity index (χ4v) is 5.38. The van der Waals surface area contributed by atoms with E-state index in [1.54, 1.807) is 37.4 Å². The van der Waals surface area contributed by atoms with Gasteiger partial charge >= 0.3 is 0 Å². The number of carbonyl (C=O) groups is 2. The van der Waals surface area contributed by atoms with Gasteiger partial charge in [-0.25, -0.2) is 8.42 Å². The molecule has 0 bridgehead atoms. The van der Waals surface area contributed by atoms with Crippen molar-refractivity contribution in [3.05, 3.63) is 83.9 Å². The second kappa shape index (κ2) is 15.3. The summed E-state index contributed by atoms with van der Waals surface area (Å²) in [6.07, 6.45) is 1.25. The third kappa shape index (κ3) is 9.37. The van der Waals surface area contributed by atoms with E-state index in [2.05, 4.69) is 5.32 Å². The lowest BCUT2D eigenvalue weighted by Gasteiger charge is -2.34. The summed E-state index contributed by atoms with van der Waals surface area (Å²) in [5.41, 5.74) is 1.74. The molecular weight excluding hydrogens is 570 g/mol. The highest BCUT2D eigenvalue weighted by Gasteiger charge is 2.34. The molecule has 0 aliphatic carbocycles. The van der Waals surface area contributed by atoms with Crippen LogP contribution in [0.4, 0.5) is 5.69 Å². The minimum absolute atomic E-state index is 0.0416. The first-order valence-electron chi connectivity index (χ1n) is 13.9. The minimum Gasteiger partial charge on any atom is -0.497 e. The van der Waals surface area contributed by atoms with Crippen LogP contribution in [0.2, 0.25) is 0 Å². The molecule has 0 heterocycles. The second-order valence-corrected chi connectivity index (χ2v) is 12.4. The first-order chi connectivity index (χ1) is 20.5. The Morgan fingerprint density at radius 3 is 2.09 bits per heavy atom. The van der Waals surface area contributed by atoms with Crippen LogP contribution in [0.1, 0.15) is 25.0 Å². The summed E-state index contributed by atoms with van der Waals surface area (Å²) in [6, 6.07) is 20.3. The van der Waals surface area contributed by atoms with E-state index in [0.717, 1.165) is 21.7 Å². The molecule has 1 N–H and O–H groups in total. The van der Waals surface area contributed by atoms with Gasteiger partial charge in [0.1, 0.15) is 29.8 Å². The Morgan fingerprint density at radius 2 is 1.49 bits per heavy atom. The molecule has 0 saturated carbocycles. The predicted molar refractivity (Wildman–Crippen MR) is 167 cm³/mol. The predicted octanol–water partition coefficient (Wildman–Crippen LogP) is 3.89. The Kier molecular flexibility index (Phi) is 11.8. The molecule has 11 heteroatoms. The van der Waals surface area contributed by atoms with Crippen LogP contribution in [-0.4, -0.2) is 71.8 Å². The number of nitrogens with one attached hydrogen (secondary N) is 1. The highest BCUT2D eigenvalue weighted by atomic mass is 32.2. The number of amides is 2. The largest absolute Gasteiger partial charge is 0.497 e. The average Bonchev–Trinajstić information content (AvgIpc) is 3.00. The second-order valence-electron chi connectivity index (χ2n) is 10.5. The molecule has 43 heavy (non-hydrogen) atoms. The number of hydrogen-bond acceptors (Lipinski definition) is 7. The van der Waals surface area contributed by atoms with E-state index >= 15 is 0 Å². The van der Waals surface area contributed by atoms with Gasteiger partial charge in [-0.2, -0.15) is 0 Å². The summed E-state index contributed by atoms with van der Waals surface area (Å²) < 4.78 is 43.3. The van der Waals surface area contributed by atoms with E-state index in [9.17, 15) is 18.0 Å². The van der Waals surface area contributed by atoms with Crippen molar-refractivity contribution in [1.29, 1.82) is 0 Å². The smallest absolute Gasteiger partial charge is 0.244 e. The Hall–Kier alpha value is -4.25. The van der Waals surface area contributed by atoms with Crippen molar-refractivity contribution in [1.82, 2.24) is 10.2 Å². The van der Waals surface area contributed by atoms with Crippen LogP contribution >= 0.6 is 0 Å². The molecule has 0 aromatic heterocycles. The number of carbonyl (C=O) groups excluding carboxylic acids is 2. The summed E-state index contributed by atoms with van der Waals surface area (Å²) in [5, 5.41) is 2.97. The average molecular weight is 612 g/mol. The third-order valence-corrected chi connectivity index (χ3v) is 7.90. The lowest BCUT2D eigenvalue weighted by atomic mass is 10.0. The normalized spacial score (nSPS) is 11.9. The number of benzene rings is 3. The van der Waals surface area contributed by atoms with Gasteiger partial charge < -0.3 is 24.4 Å². The van der Waals surface area contributed by atoms with Crippen LogP contribution in [0.5, 0.6) is 17.2 Å². The summed E-state index contributed by atoms with van der Waals surface area (Å²) in [6.45, 7) is 3.87. The first-order valence-corrected chi connectivity index (χ1v) is 15.7. The van der Waals surface area contributed by atoms with Crippen LogP contribution in [0.15, 0.2) is 72.8 Å². The van der Waals surface area contributed by atoms with Gasteiger partial charge in [-0.3, -0.25) is 13.9 Å². The molecule has 2 amide bonds. The quantitative estimate of drug-likeness (QED) is 0.277. The maximum atomic E-state index is 14.3. The van der Waals surface area contributed by atoms with Gasteiger partial charge in [0.2, 0.25) is 21.8 Å². The number of rotatable bonds is 15. The van der Waals surface area contributed by atoms with E-state index in [1.165, 1.54) is 25.2 Å². The van der Waals surface area contributed by atoms with E-state index < -0.39 is 28.5 Å². The fourth-order valence-electron chi connectivity index (χ4n) is 4.53. The number of sulfonamides is 1. The van der Waals surface area contributed by atoms with Gasteiger partial charge in [-0.15, -0.1) is 0 Å². The van der Waals surface area contributed by atoms with Crippen molar-refractivity contribution >= 4 is 27.5 Å². The van der Waals surface area contributed by atoms with Crippen LogP contribution in [0.3, 0.4) is 0 Å². The summed E-state index contributed by atoms with van der Waals surface area (Å²) in [4.78, 5) is 29.4. The van der Waals surface area contributed by atoms with Crippen LogP contribution in [0, 0.1) is 5.92 Å². The maximum Gasteiger partial charge on any atom is 0.244 e. The number of ether oxygens (including phenoxy) is 3. The highest BCUT2D eigenvalue weighted by molar-refractivity contribution is 7.92. The molecule has 232 valence electrons. The molecular formula is C32H41N3O7S. The molecule has 1 atom stereocenters. The van der Waals surface area contributed by atoms with Crippen molar-refractivity contribution in [2.45, 2.75) is 32.9 Å². The van der Waals surface area contributed by atoms with Crippen molar-refractivity contribution in [2.24, 2.45) is 5.92 Å². The van der Waals surface area contributed by atoms with Crippen molar-refractivity contribution in [3.8, 4) is 17.2 Å². The molecule has 0 radical (unpaired) electrons. The molecule has 0 spiro atoms. The lowest BCUT2D eigenvalue weighted by molar-refractivity contribution is -0.140. The van der Waals surface area contributed by atoms with E-state index in [4.69, 9.17) is 14.2 Å². The van der Waals surface area contributed by atoms with Gasteiger partial charge in [0.05, 0.1) is 33.3 Å². The molecule has 1 unspecified atom stereocenters. The first kappa shape index (κ1) is 33.3. The molecule has 0 saturated heterocycles. The lowest BCUT2D eigenvalue weighted by Crippen LogP contribution is -2.53. The van der Waals surface area contributed by atoms with E-state index in [0.29, 0.717) is 18.0 Å². The van der Waals surface area contributed by atoms with E-state index in [1.807, 2.05) is 50.2 Å². The van der Waals surface area contributed by atoms with Crippen LogP contribution in [0.25, 0.3) is 0 Å². The monoisotopic (exact) mass is 611 g/mol. The third-order valence-electron chi connectivity index (χ3n) is 6.78. The number of hydrogen-bond donors (Lipinski definition) is 1. The van der Waals surface area contributed by atoms with Gasteiger partial charge in [-0.1, -0.05) is 56.3 Å². The fraction of sp³-hybridized carbons (Fsp3) is 0.375. The molecule has 3 aromatic rings. The zero-order valence-corrected chi connectivity index (χ0v) is 26.4. The number of methoxy groups -OCH3 is 3. The van der Waals surface area contributed by atoms with Gasteiger partial charge in [-0.05, 0) is 41.3 Å². The Morgan fingerprint density at radius 1 is 0.837 bits per heavy atom. The Labute approximate surface area is 254 Å². The highest BCUT2D eigenvalue weighted by Crippen LogP contribution is 2.34. The van der Waals surface area contributed by atoms with Crippen LogP contribution < -0.4 is 23.8 Å². The minimum atomic E-state index is -3.96. The molecule has 0 aliphatic rings. The van der Waals surface area contributed by atoms with Gasteiger partial charge in [0.15, 0.2) is 0 Å². The van der Waals surface area contributed by atoms with Gasteiger partial charge in [0.25, 0.3) is 0 Å². The molecule has 3 rings (SSSR count). The Bertz CT molecular complexity index is 1480. The van der Waals surface area contributed by atoms with Crippen LogP contribution in [-0.2, 0) is 32.6 Å².